The molecule has 1 N–H and O–H groups in total. The maximum absolute atomic E-state index is 12.5. The van der Waals surface area contributed by atoms with Crippen LogP contribution in [0, 0.1) is 6.92 Å². The molecular formula is C25H29ClN4O2S. The fraction of sp³-hybridized carbons (Fsp3) is 0.320. The first-order valence-electron chi connectivity index (χ1n) is 10.8. The van der Waals surface area contributed by atoms with E-state index in [0.29, 0.717) is 34.2 Å². The fourth-order valence-corrected chi connectivity index (χ4v) is 4.17. The number of anilines is 1. The number of rotatable bonds is 10. The minimum absolute atomic E-state index is 0.144. The molecule has 2 aromatic carbocycles. The van der Waals surface area contributed by atoms with Crippen molar-refractivity contribution in [2.75, 3.05) is 11.1 Å². The summed E-state index contributed by atoms with van der Waals surface area (Å²) in [6, 6.07) is 13.5. The molecule has 0 aliphatic rings. The molecule has 33 heavy (non-hydrogen) atoms. The van der Waals surface area contributed by atoms with Gasteiger partial charge in [0.1, 0.15) is 5.75 Å². The number of nitrogens with zero attached hydrogens (tertiary/aromatic N) is 3. The van der Waals surface area contributed by atoms with Crippen LogP contribution >= 0.6 is 23.4 Å². The zero-order valence-corrected chi connectivity index (χ0v) is 20.9. The van der Waals surface area contributed by atoms with Crippen molar-refractivity contribution in [3.8, 4) is 5.75 Å². The van der Waals surface area contributed by atoms with Crippen LogP contribution < -0.4 is 10.1 Å². The monoisotopic (exact) mass is 484 g/mol. The highest BCUT2D eigenvalue weighted by atomic mass is 35.5. The second kappa shape index (κ2) is 11.4. The molecule has 174 valence electrons. The lowest BCUT2D eigenvalue weighted by molar-refractivity contribution is -0.113. The van der Waals surface area contributed by atoms with Crippen LogP contribution in [0.15, 0.2) is 60.3 Å². The van der Waals surface area contributed by atoms with Crippen LogP contribution in [0.1, 0.15) is 49.7 Å². The Labute approximate surface area is 204 Å². The van der Waals surface area contributed by atoms with Gasteiger partial charge in [0, 0.05) is 17.3 Å². The number of thioether (sulfide) groups is 1. The first kappa shape index (κ1) is 24.9. The highest BCUT2D eigenvalue weighted by Crippen LogP contribution is 2.27. The van der Waals surface area contributed by atoms with Gasteiger partial charge in [-0.25, -0.2) is 0 Å². The van der Waals surface area contributed by atoms with E-state index >= 15 is 0 Å². The van der Waals surface area contributed by atoms with Crippen LogP contribution in [0.2, 0.25) is 5.02 Å². The smallest absolute Gasteiger partial charge is 0.234 e. The third kappa shape index (κ3) is 6.62. The molecule has 8 heteroatoms. The maximum Gasteiger partial charge on any atom is 0.234 e. The highest BCUT2D eigenvalue weighted by molar-refractivity contribution is 7.99. The van der Waals surface area contributed by atoms with Crippen LogP contribution in [-0.4, -0.2) is 26.4 Å². The Morgan fingerprint density at radius 2 is 1.94 bits per heavy atom. The van der Waals surface area contributed by atoms with Crippen molar-refractivity contribution in [1.29, 1.82) is 0 Å². The molecule has 1 heterocycles. The minimum atomic E-state index is -0.320. The van der Waals surface area contributed by atoms with E-state index < -0.39 is 0 Å². The minimum Gasteiger partial charge on any atom is -0.483 e. The average Bonchev–Trinajstić information content (AvgIpc) is 3.18. The molecule has 1 aromatic heterocycles. The Kier molecular flexibility index (Phi) is 8.58. The lowest BCUT2D eigenvalue weighted by Gasteiger charge is -2.16. The molecule has 3 aromatic rings. The first-order chi connectivity index (χ1) is 15.8. The number of carbonyl (C=O) groups excluding carboxylic acids is 1. The number of hydrogen-bond donors (Lipinski definition) is 1. The zero-order chi connectivity index (χ0) is 24.0. The molecule has 1 unspecified atom stereocenters. The number of aromatic nitrogens is 3. The van der Waals surface area contributed by atoms with Gasteiger partial charge in [0.05, 0.1) is 5.75 Å². The molecule has 1 amide bonds. The molecule has 0 fully saturated rings. The van der Waals surface area contributed by atoms with Gasteiger partial charge in [-0.2, -0.15) is 0 Å². The third-order valence-corrected chi connectivity index (χ3v) is 6.29. The quantitative estimate of drug-likeness (QED) is 0.265. The molecule has 0 aliphatic heterocycles. The average molecular weight is 485 g/mol. The molecular weight excluding hydrogens is 456 g/mol. The van der Waals surface area contributed by atoms with Gasteiger partial charge in [-0.05, 0) is 55.2 Å². The number of benzene rings is 2. The SMILES string of the molecule is C=CCn1c(SCC(=O)Nc2cc(Cl)ccc2C)nnc1C(C)Oc1ccc(C(C)C)cc1. The van der Waals surface area contributed by atoms with Gasteiger partial charge in [0.15, 0.2) is 17.1 Å². The van der Waals surface area contributed by atoms with Crippen molar-refractivity contribution in [2.45, 2.75) is 51.4 Å². The van der Waals surface area contributed by atoms with E-state index in [-0.39, 0.29) is 17.8 Å². The van der Waals surface area contributed by atoms with E-state index in [9.17, 15) is 4.79 Å². The van der Waals surface area contributed by atoms with E-state index in [1.165, 1.54) is 17.3 Å². The second-order valence-electron chi connectivity index (χ2n) is 8.02. The number of aryl methyl sites for hydroxylation is 1. The summed E-state index contributed by atoms with van der Waals surface area (Å²) < 4.78 is 8.03. The van der Waals surface area contributed by atoms with Gasteiger partial charge in [0.25, 0.3) is 0 Å². The Hall–Kier alpha value is -2.77. The summed E-state index contributed by atoms with van der Waals surface area (Å²) in [5.41, 5.74) is 2.91. The van der Waals surface area contributed by atoms with E-state index in [1.807, 2.05) is 36.6 Å². The summed E-state index contributed by atoms with van der Waals surface area (Å²) in [4.78, 5) is 12.5. The largest absolute Gasteiger partial charge is 0.483 e. The lowest BCUT2D eigenvalue weighted by Crippen LogP contribution is -2.16. The van der Waals surface area contributed by atoms with E-state index in [4.69, 9.17) is 16.3 Å². The van der Waals surface area contributed by atoms with Crippen molar-refractivity contribution >= 4 is 35.0 Å². The van der Waals surface area contributed by atoms with Crippen molar-refractivity contribution < 1.29 is 9.53 Å². The number of hydrogen-bond acceptors (Lipinski definition) is 5. The summed E-state index contributed by atoms with van der Waals surface area (Å²) >= 11 is 7.36. The van der Waals surface area contributed by atoms with Gasteiger partial charge < -0.3 is 10.1 Å². The van der Waals surface area contributed by atoms with Crippen molar-refractivity contribution in [2.24, 2.45) is 0 Å². The molecule has 0 saturated heterocycles. The van der Waals surface area contributed by atoms with E-state index in [1.54, 1.807) is 18.2 Å². The Bertz CT molecular complexity index is 1110. The van der Waals surface area contributed by atoms with Crippen molar-refractivity contribution in [3.63, 3.8) is 0 Å². The molecule has 0 bridgehead atoms. The van der Waals surface area contributed by atoms with Crippen LogP contribution in [-0.2, 0) is 11.3 Å². The van der Waals surface area contributed by atoms with Crippen LogP contribution in [0.25, 0.3) is 0 Å². The number of ether oxygens (including phenoxy) is 1. The topological polar surface area (TPSA) is 69.0 Å². The van der Waals surface area contributed by atoms with Crippen LogP contribution in [0.3, 0.4) is 0 Å². The Balaban J connectivity index is 1.67. The van der Waals surface area contributed by atoms with Gasteiger partial charge in [-0.1, -0.05) is 61.5 Å². The van der Waals surface area contributed by atoms with Gasteiger partial charge in [-0.3, -0.25) is 9.36 Å². The van der Waals surface area contributed by atoms with Gasteiger partial charge in [0.2, 0.25) is 5.91 Å². The second-order valence-corrected chi connectivity index (χ2v) is 9.40. The molecule has 1 atom stereocenters. The molecule has 6 nitrogen and oxygen atoms in total. The number of halogens is 1. The number of amides is 1. The Morgan fingerprint density at radius 1 is 1.21 bits per heavy atom. The third-order valence-electron chi connectivity index (χ3n) is 5.09. The van der Waals surface area contributed by atoms with Crippen molar-refractivity contribution in [1.82, 2.24) is 14.8 Å². The molecule has 0 saturated carbocycles. The van der Waals surface area contributed by atoms with E-state index in [2.05, 4.69) is 48.1 Å². The summed E-state index contributed by atoms with van der Waals surface area (Å²) in [7, 11) is 0. The fourth-order valence-electron chi connectivity index (χ4n) is 3.24. The lowest BCUT2D eigenvalue weighted by atomic mass is 10.0. The summed E-state index contributed by atoms with van der Waals surface area (Å²) in [5.74, 6) is 1.95. The standard InChI is InChI=1S/C25H29ClN4O2S/c1-6-13-30-24(18(5)32-21-11-8-19(9-12-21)16(2)3)28-29-25(30)33-15-23(31)27-22-14-20(26)10-7-17(22)4/h6-12,14,16,18H,1,13,15H2,2-5H3,(H,27,31). The number of nitrogens with one attached hydrogen (secondary N) is 1. The number of carbonyl (C=O) groups is 1. The molecule has 0 radical (unpaired) electrons. The van der Waals surface area contributed by atoms with Gasteiger partial charge in [-0.15, -0.1) is 16.8 Å². The van der Waals surface area contributed by atoms with Crippen LogP contribution in [0.5, 0.6) is 5.75 Å². The molecule has 0 aliphatic carbocycles. The zero-order valence-electron chi connectivity index (χ0n) is 19.3. The van der Waals surface area contributed by atoms with Crippen molar-refractivity contribution in [3.05, 3.63) is 77.1 Å². The maximum atomic E-state index is 12.5. The summed E-state index contributed by atoms with van der Waals surface area (Å²) in [5, 5.41) is 12.7. The molecule has 0 spiro atoms. The molecule has 3 rings (SSSR count). The van der Waals surface area contributed by atoms with Crippen LogP contribution in [0.4, 0.5) is 5.69 Å². The number of allylic oxidation sites excluding steroid dienone is 1. The summed E-state index contributed by atoms with van der Waals surface area (Å²) in [6.07, 6.45) is 1.45. The highest BCUT2D eigenvalue weighted by Gasteiger charge is 2.20. The predicted octanol–water partition coefficient (Wildman–Crippen LogP) is 6.42. The normalized spacial score (nSPS) is 11.9. The van der Waals surface area contributed by atoms with E-state index in [0.717, 1.165) is 11.3 Å². The van der Waals surface area contributed by atoms with Gasteiger partial charge >= 0.3 is 0 Å². The predicted molar refractivity (Wildman–Crippen MR) is 135 cm³/mol. The Morgan fingerprint density at radius 3 is 2.61 bits per heavy atom. The summed E-state index contributed by atoms with van der Waals surface area (Å²) in [6.45, 7) is 12.5. The first-order valence-corrected chi connectivity index (χ1v) is 12.1.